The zero-order chi connectivity index (χ0) is 40.4. The van der Waals surface area contributed by atoms with Gasteiger partial charge in [-0.15, -0.1) is 29.3 Å². The van der Waals surface area contributed by atoms with Gasteiger partial charge >= 0.3 is 0 Å². The van der Waals surface area contributed by atoms with Crippen molar-refractivity contribution in [1.29, 1.82) is 0 Å². The van der Waals surface area contributed by atoms with Gasteiger partial charge in [-0.25, -0.2) is 4.98 Å². The molecule has 0 amide bonds. The van der Waals surface area contributed by atoms with Crippen molar-refractivity contribution in [2.45, 2.75) is 85.5 Å². The number of hydrogen-bond acceptors (Lipinski definition) is 3. The Hall–Kier alpha value is -5.31. The van der Waals surface area contributed by atoms with E-state index in [2.05, 4.69) is 177 Å². The molecule has 5 heteroatoms. The Labute approximate surface area is 358 Å². The van der Waals surface area contributed by atoms with Gasteiger partial charge in [0.2, 0.25) is 0 Å². The van der Waals surface area contributed by atoms with Crippen molar-refractivity contribution < 1.29 is 26.2 Å². The van der Waals surface area contributed by atoms with Gasteiger partial charge in [0.1, 0.15) is 11.6 Å². The van der Waals surface area contributed by atoms with Crippen molar-refractivity contribution in [1.82, 2.24) is 14.5 Å². The van der Waals surface area contributed by atoms with E-state index in [-0.39, 0.29) is 43.1 Å². The number of rotatable bonds is 5. The average molecular weight is 942 g/mol. The summed E-state index contributed by atoms with van der Waals surface area (Å²) in [4.78, 5) is 10.4. The molecule has 0 saturated carbocycles. The molecule has 6 aromatic carbocycles. The van der Waals surface area contributed by atoms with E-state index < -0.39 is 0 Å². The number of phenolic OH excluding ortho intramolecular Hbond substituents is 1. The van der Waals surface area contributed by atoms with Crippen LogP contribution in [0.3, 0.4) is 0 Å². The Morgan fingerprint density at radius 1 is 0.552 bits per heavy atom. The van der Waals surface area contributed by atoms with Gasteiger partial charge in [-0.1, -0.05) is 152 Å². The van der Waals surface area contributed by atoms with Crippen molar-refractivity contribution in [3.05, 3.63) is 156 Å². The number of aryl methyl sites for hydroxylation is 1. The predicted molar refractivity (Wildman–Crippen MR) is 239 cm³/mol. The first kappa shape index (κ1) is 40.9. The fraction of sp³-hybridized carbons (Fsp3) is 0.245. The molecular weight excluding hydrogens is 890 g/mol. The zero-order valence-electron chi connectivity index (χ0n) is 35.2. The maximum absolute atomic E-state index is 11.2. The molecule has 58 heavy (non-hydrogen) atoms. The fourth-order valence-corrected chi connectivity index (χ4v) is 7.75. The summed E-state index contributed by atoms with van der Waals surface area (Å²) in [6.07, 6.45) is 1.91. The van der Waals surface area contributed by atoms with Gasteiger partial charge in [0.25, 0.3) is 0 Å². The van der Waals surface area contributed by atoms with Crippen LogP contribution in [0.2, 0.25) is 0 Å². The molecule has 0 atom stereocenters. The van der Waals surface area contributed by atoms with E-state index in [9.17, 15) is 5.11 Å². The van der Waals surface area contributed by atoms with Gasteiger partial charge in [-0.2, -0.15) is 0 Å². The summed E-state index contributed by atoms with van der Waals surface area (Å²) < 4.78 is 2.17. The van der Waals surface area contributed by atoms with Crippen LogP contribution in [0.5, 0.6) is 5.75 Å². The van der Waals surface area contributed by atoms with E-state index >= 15 is 0 Å². The molecule has 296 valence electrons. The summed E-state index contributed by atoms with van der Waals surface area (Å²) in [6, 6.07) is 46.6. The summed E-state index contributed by atoms with van der Waals surface area (Å²) in [7, 11) is 0. The van der Waals surface area contributed by atoms with Gasteiger partial charge in [0.15, 0.2) is 0 Å². The Morgan fingerprint density at radius 3 is 1.76 bits per heavy atom. The molecule has 0 spiro atoms. The number of aromatic hydroxyl groups is 1. The first-order valence-corrected chi connectivity index (χ1v) is 20.0. The molecule has 2 heterocycles. The van der Waals surface area contributed by atoms with Crippen molar-refractivity contribution in [3.63, 3.8) is 0 Å². The Kier molecular flexibility index (Phi) is 10.7. The minimum atomic E-state index is -0.0721. The van der Waals surface area contributed by atoms with Gasteiger partial charge < -0.3 is 5.11 Å². The fourth-order valence-electron chi connectivity index (χ4n) is 7.75. The van der Waals surface area contributed by atoms with E-state index in [4.69, 9.17) is 9.97 Å². The Morgan fingerprint density at radius 2 is 1.14 bits per heavy atom. The van der Waals surface area contributed by atoms with Crippen LogP contribution in [0.1, 0.15) is 84.6 Å². The summed E-state index contributed by atoms with van der Waals surface area (Å²) >= 11 is 0. The monoisotopic (exact) mass is 941 g/mol. The molecule has 0 radical (unpaired) electrons. The molecule has 0 unspecified atom stereocenters. The molecule has 8 aromatic rings. The molecule has 0 saturated heterocycles. The van der Waals surface area contributed by atoms with Crippen LogP contribution < -0.4 is 0 Å². The van der Waals surface area contributed by atoms with E-state index in [0.717, 1.165) is 61.0 Å². The molecule has 0 fully saturated rings. The molecule has 0 bridgehead atoms. The number of imidazole rings is 1. The topological polar surface area (TPSA) is 50.9 Å². The number of pyridine rings is 1. The maximum Gasteiger partial charge on any atom is 0.148 e. The second-order valence-electron chi connectivity index (χ2n) is 18.6. The average Bonchev–Trinajstić information content (AvgIpc) is 3.56. The Bertz CT molecular complexity index is 2790. The number of para-hydroxylation sites is 2. The van der Waals surface area contributed by atoms with E-state index in [1.165, 1.54) is 22.3 Å². The van der Waals surface area contributed by atoms with Crippen LogP contribution >= 0.6 is 0 Å². The second kappa shape index (κ2) is 15.1. The number of nitrogens with zero attached hydrogens (tertiary/aromatic N) is 3. The molecule has 0 aliphatic carbocycles. The van der Waals surface area contributed by atoms with Crippen molar-refractivity contribution in [2.24, 2.45) is 0 Å². The quantitative estimate of drug-likeness (QED) is 0.175. The number of phenols is 1. The molecule has 2 aromatic heterocycles. The molecule has 4 nitrogen and oxygen atoms in total. The first-order chi connectivity index (χ1) is 27.0. The normalized spacial score (nSPS) is 12.2. The SMILES string of the molecule is Cc1ccnc2c(-c3[c-]c(-c4cccc5c4nc(-c4ccccc4O)n5-c4ccc(C(C)(C)C)cc4)cc(-c4ccc(C(C)(C)C)cc4)c3)cc(C(C)(C)C)cc12.[Pt]. The zero-order valence-corrected chi connectivity index (χ0v) is 37.5. The van der Waals surface area contributed by atoms with E-state index in [1.807, 2.05) is 24.4 Å². The number of benzene rings is 6. The van der Waals surface area contributed by atoms with Gasteiger partial charge in [0, 0.05) is 38.5 Å². The van der Waals surface area contributed by atoms with Crippen LogP contribution in [0.4, 0.5) is 0 Å². The minimum absolute atomic E-state index is 0. The standard InChI is InChI=1S/C53H52N3O.Pt/c1-33-26-27-54-48-44(33)31-40(53(8,9)10)32-45(48)37-29-35(34-18-20-38(21-19-34)51(2,3)4)28-36(30-37)42-15-13-16-46-49(42)55-50(43-14-11-12-17-47(43)57)56(46)41-24-22-39(23-25-41)52(5,6)7;/h11-29,31-32,57H,1-10H3;/q-1;. The molecular formula is C53H52N3OPt-. The Balaban J connectivity index is 0.00000512. The van der Waals surface area contributed by atoms with E-state index in [0.29, 0.717) is 11.4 Å². The number of hydrogen-bond donors (Lipinski definition) is 1. The third kappa shape index (κ3) is 7.68. The third-order valence-electron chi connectivity index (χ3n) is 11.3. The van der Waals surface area contributed by atoms with Crippen molar-refractivity contribution >= 4 is 21.9 Å². The summed E-state index contributed by atoms with van der Waals surface area (Å²) in [5.41, 5.74) is 15.5. The van der Waals surface area contributed by atoms with Crippen LogP contribution in [0.15, 0.2) is 128 Å². The number of fused-ring (bicyclic) bond motifs is 2. The molecule has 1 N–H and O–H groups in total. The summed E-state index contributed by atoms with van der Waals surface area (Å²) in [6.45, 7) is 22.4. The summed E-state index contributed by atoms with van der Waals surface area (Å²) in [5, 5.41) is 12.4. The van der Waals surface area contributed by atoms with Gasteiger partial charge in [0.05, 0.1) is 16.6 Å². The molecule has 0 aliphatic rings. The van der Waals surface area contributed by atoms with Crippen LogP contribution in [-0.4, -0.2) is 19.6 Å². The first-order valence-electron chi connectivity index (χ1n) is 20.0. The second-order valence-corrected chi connectivity index (χ2v) is 18.6. The smallest absolute Gasteiger partial charge is 0.148 e. The van der Waals surface area contributed by atoms with Crippen LogP contribution in [0.25, 0.3) is 72.4 Å². The van der Waals surface area contributed by atoms with Crippen molar-refractivity contribution in [3.8, 4) is 56.2 Å². The largest absolute Gasteiger partial charge is 0.507 e. The molecule has 0 aliphatic heterocycles. The van der Waals surface area contributed by atoms with Crippen LogP contribution in [-0.2, 0) is 37.3 Å². The summed E-state index contributed by atoms with van der Waals surface area (Å²) in [5.74, 6) is 0.863. The molecule has 8 rings (SSSR count). The minimum Gasteiger partial charge on any atom is -0.507 e. The number of aromatic nitrogens is 3. The van der Waals surface area contributed by atoms with Crippen molar-refractivity contribution in [2.75, 3.05) is 0 Å². The van der Waals surface area contributed by atoms with Crippen LogP contribution in [0, 0.1) is 13.0 Å². The maximum atomic E-state index is 11.2. The third-order valence-corrected chi connectivity index (χ3v) is 11.3. The van der Waals surface area contributed by atoms with Gasteiger partial charge in [-0.05, 0) is 92.8 Å². The predicted octanol–water partition coefficient (Wildman–Crippen LogP) is 13.9. The van der Waals surface area contributed by atoms with E-state index in [1.54, 1.807) is 6.07 Å². The van der Waals surface area contributed by atoms with Gasteiger partial charge in [-0.3, -0.25) is 9.55 Å².